The van der Waals surface area contributed by atoms with Crippen molar-refractivity contribution in [3.05, 3.63) is 10.8 Å². The van der Waals surface area contributed by atoms with E-state index in [1.807, 2.05) is 13.8 Å². The number of carbonyl (C=O) groups excluding carboxylic acids is 1. The van der Waals surface area contributed by atoms with Crippen LogP contribution in [-0.2, 0) is 4.79 Å². The molecule has 17 heavy (non-hydrogen) atoms. The van der Waals surface area contributed by atoms with Crippen molar-refractivity contribution in [2.75, 3.05) is 29.9 Å². The molecule has 0 aliphatic heterocycles. The number of likely N-dealkylation sites (N-methyl/N-ethyl adjacent to an activating group) is 1. The SMILES string of the molecule is CCNc1ncnc(N(CC)CC(N)=O)c1Br. The molecule has 1 aromatic heterocycles. The standard InChI is InChI=1S/C10H16BrN5O/c1-3-13-9-8(11)10(15-6-14-9)16(4-2)5-7(12)17/h6H,3-5H2,1-2H3,(H2,12,17)(H,13,14,15). The van der Waals surface area contributed by atoms with Crippen molar-refractivity contribution in [2.45, 2.75) is 13.8 Å². The van der Waals surface area contributed by atoms with Gasteiger partial charge in [-0.1, -0.05) is 0 Å². The Labute approximate surface area is 109 Å². The van der Waals surface area contributed by atoms with E-state index in [1.165, 1.54) is 6.33 Å². The molecular weight excluding hydrogens is 286 g/mol. The summed E-state index contributed by atoms with van der Waals surface area (Å²) in [6.45, 7) is 5.46. The van der Waals surface area contributed by atoms with Crippen molar-refractivity contribution < 1.29 is 4.79 Å². The average molecular weight is 302 g/mol. The van der Waals surface area contributed by atoms with E-state index in [-0.39, 0.29) is 12.5 Å². The summed E-state index contributed by atoms with van der Waals surface area (Å²) in [4.78, 5) is 21.0. The van der Waals surface area contributed by atoms with Crippen molar-refractivity contribution in [2.24, 2.45) is 5.73 Å². The van der Waals surface area contributed by atoms with E-state index in [0.717, 1.165) is 11.0 Å². The van der Waals surface area contributed by atoms with Gasteiger partial charge in [0, 0.05) is 13.1 Å². The molecule has 0 unspecified atom stereocenters. The third-order valence-electron chi connectivity index (χ3n) is 2.14. The number of hydrogen-bond donors (Lipinski definition) is 2. The third kappa shape index (κ3) is 3.55. The summed E-state index contributed by atoms with van der Waals surface area (Å²) in [7, 11) is 0. The number of rotatable bonds is 6. The van der Waals surface area contributed by atoms with E-state index in [9.17, 15) is 4.79 Å². The first kappa shape index (κ1) is 13.7. The smallest absolute Gasteiger partial charge is 0.236 e. The number of amides is 1. The molecule has 1 rings (SSSR count). The fourth-order valence-corrected chi connectivity index (χ4v) is 1.99. The number of carbonyl (C=O) groups is 1. The van der Waals surface area contributed by atoms with E-state index in [0.29, 0.717) is 18.2 Å². The molecule has 0 fully saturated rings. The molecule has 1 heterocycles. The summed E-state index contributed by atoms with van der Waals surface area (Å²) in [6, 6.07) is 0. The minimum absolute atomic E-state index is 0.137. The maximum absolute atomic E-state index is 11.0. The molecule has 0 aliphatic rings. The lowest BCUT2D eigenvalue weighted by molar-refractivity contribution is -0.116. The zero-order valence-electron chi connectivity index (χ0n) is 9.90. The zero-order valence-corrected chi connectivity index (χ0v) is 11.5. The van der Waals surface area contributed by atoms with E-state index < -0.39 is 0 Å². The number of nitrogens with two attached hydrogens (primary N) is 1. The van der Waals surface area contributed by atoms with Crippen LogP contribution in [0.2, 0.25) is 0 Å². The van der Waals surface area contributed by atoms with Crippen molar-refractivity contribution in [3.63, 3.8) is 0 Å². The first-order chi connectivity index (χ1) is 8.10. The molecule has 0 radical (unpaired) electrons. The number of halogens is 1. The van der Waals surface area contributed by atoms with Gasteiger partial charge >= 0.3 is 0 Å². The highest BCUT2D eigenvalue weighted by molar-refractivity contribution is 9.10. The number of hydrogen-bond acceptors (Lipinski definition) is 5. The lowest BCUT2D eigenvalue weighted by Crippen LogP contribution is -2.34. The molecule has 0 bridgehead atoms. The molecule has 3 N–H and O–H groups in total. The normalized spacial score (nSPS) is 10.1. The van der Waals surface area contributed by atoms with Gasteiger partial charge in [0.25, 0.3) is 0 Å². The van der Waals surface area contributed by atoms with Crippen molar-refractivity contribution >= 4 is 33.5 Å². The van der Waals surface area contributed by atoms with E-state index >= 15 is 0 Å². The van der Waals surface area contributed by atoms with E-state index in [1.54, 1.807) is 4.90 Å². The Morgan fingerprint density at radius 1 is 1.53 bits per heavy atom. The molecule has 7 heteroatoms. The van der Waals surface area contributed by atoms with Gasteiger partial charge in [-0.05, 0) is 29.8 Å². The van der Waals surface area contributed by atoms with E-state index in [4.69, 9.17) is 5.73 Å². The van der Waals surface area contributed by atoms with Crippen molar-refractivity contribution in [3.8, 4) is 0 Å². The number of aromatic nitrogens is 2. The minimum Gasteiger partial charge on any atom is -0.369 e. The monoisotopic (exact) mass is 301 g/mol. The molecule has 0 atom stereocenters. The second kappa shape index (κ2) is 6.39. The van der Waals surface area contributed by atoms with Gasteiger partial charge in [0.2, 0.25) is 5.91 Å². The van der Waals surface area contributed by atoms with Crippen molar-refractivity contribution in [1.29, 1.82) is 0 Å². The van der Waals surface area contributed by atoms with Gasteiger partial charge in [0.1, 0.15) is 22.4 Å². The van der Waals surface area contributed by atoms with Gasteiger partial charge in [0.15, 0.2) is 0 Å². The molecule has 1 amide bonds. The highest BCUT2D eigenvalue weighted by atomic mass is 79.9. The lowest BCUT2D eigenvalue weighted by Gasteiger charge is -2.22. The van der Waals surface area contributed by atoms with E-state index in [2.05, 4.69) is 31.2 Å². The Bertz CT molecular complexity index is 398. The van der Waals surface area contributed by atoms with Gasteiger partial charge in [-0.3, -0.25) is 4.79 Å². The van der Waals surface area contributed by atoms with Crippen LogP contribution in [-0.4, -0.2) is 35.5 Å². The fraction of sp³-hybridized carbons (Fsp3) is 0.500. The topological polar surface area (TPSA) is 84.1 Å². The quantitative estimate of drug-likeness (QED) is 0.818. The lowest BCUT2D eigenvalue weighted by atomic mass is 10.4. The van der Waals surface area contributed by atoms with Crippen LogP contribution in [0.4, 0.5) is 11.6 Å². The predicted octanol–water partition coefficient (Wildman–Crippen LogP) is 0.982. The van der Waals surface area contributed by atoms with Crippen LogP contribution >= 0.6 is 15.9 Å². The number of anilines is 2. The summed E-state index contributed by atoms with van der Waals surface area (Å²) in [5, 5.41) is 3.11. The van der Waals surface area contributed by atoms with Crippen LogP contribution in [0.3, 0.4) is 0 Å². The average Bonchev–Trinajstić information content (AvgIpc) is 2.29. The van der Waals surface area contributed by atoms with Gasteiger partial charge in [-0.25, -0.2) is 9.97 Å². The maximum Gasteiger partial charge on any atom is 0.236 e. The summed E-state index contributed by atoms with van der Waals surface area (Å²) >= 11 is 3.43. The molecular formula is C10H16BrN5O. The Morgan fingerprint density at radius 3 is 2.76 bits per heavy atom. The summed E-state index contributed by atoms with van der Waals surface area (Å²) in [5.74, 6) is 0.986. The number of nitrogens with zero attached hydrogens (tertiary/aromatic N) is 3. The molecule has 0 saturated carbocycles. The molecule has 0 saturated heterocycles. The minimum atomic E-state index is -0.387. The first-order valence-corrected chi connectivity index (χ1v) is 6.17. The molecule has 0 aliphatic carbocycles. The highest BCUT2D eigenvalue weighted by Crippen LogP contribution is 2.28. The molecule has 0 aromatic carbocycles. The second-order valence-corrected chi connectivity index (χ2v) is 4.16. The molecule has 6 nitrogen and oxygen atoms in total. The Balaban J connectivity index is 3.02. The van der Waals surface area contributed by atoms with Crippen LogP contribution in [0, 0.1) is 0 Å². The fourth-order valence-electron chi connectivity index (χ4n) is 1.40. The third-order valence-corrected chi connectivity index (χ3v) is 2.87. The van der Waals surface area contributed by atoms with Gasteiger partial charge in [-0.2, -0.15) is 0 Å². The predicted molar refractivity (Wildman–Crippen MR) is 71.0 cm³/mol. The summed E-state index contributed by atoms with van der Waals surface area (Å²) in [6.07, 6.45) is 1.46. The molecule has 94 valence electrons. The Morgan fingerprint density at radius 2 is 2.24 bits per heavy atom. The Hall–Kier alpha value is -1.37. The van der Waals surface area contributed by atoms with Crippen LogP contribution < -0.4 is 16.0 Å². The summed E-state index contributed by atoms with van der Waals surface area (Å²) in [5.41, 5.74) is 5.20. The maximum atomic E-state index is 11.0. The van der Waals surface area contributed by atoms with Crippen LogP contribution in [0.5, 0.6) is 0 Å². The van der Waals surface area contributed by atoms with Crippen LogP contribution in [0.25, 0.3) is 0 Å². The van der Waals surface area contributed by atoms with Crippen molar-refractivity contribution in [1.82, 2.24) is 9.97 Å². The zero-order chi connectivity index (χ0) is 12.8. The number of nitrogens with one attached hydrogen (secondary N) is 1. The number of primary amides is 1. The highest BCUT2D eigenvalue weighted by Gasteiger charge is 2.15. The van der Waals surface area contributed by atoms with Crippen LogP contribution in [0.15, 0.2) is 10.8 Å². The largest absolute Gasteiger partial charge is 0.369 e. The first-order valence-electron chi connectivity index (χ1n) is 5.37. The van der Waals surface area contributed by atoms with Crippen LogP contribution in [0.1, 0.15) is 13.8 Å². The Kier molecular flexibility index (Phi) is 5.14. The van der Waals surface area contributed by atoms with Gasteiger partial charge in [-0.15, -0.1) is 0 Å². The molecule has 0 spiro atoms. The summed E-state index contributed by atoms with van der Waals surface area (Å²) < 4.78 is 0.741. The van der Waals surface area contributed by atoms with Gasteiger partial charge < -0.3 is 16.0 Å². The second-order valence-electron chi connectivity index (χ2n) is 3.37. The molecule has 1 aromatic rings. The van der Waals surface area contributed by atoms with Gasteiger partial charge in [0.05, 0.1) is 6.54 Å².